The van der Waals surface area contributed by atoms with Gasteiger partial charge in [-0.25, -0.2) is 0 Å². The van der Waals surface area contributed by atoms with Gasteiger partial charge in [-0.1, -0.05) is 0 Å². The van der Waals surface area contributed by atoms with Crippen LogP contribution in [0.3, 0.4) is 0 Å². The molecule has 0 fully saturated rings. The van der Waals surface area contributed by atoms with E-state index in [4.69, 9.17) is 5.11 Å². The smallest absolute Gasteiger partial charge is 0.310 e. The van der Waals surface area contributed by atoms with E-state index >= 15 is 0 Å². The molecule has 16 heavy (non-hydrogen) atoms. The van der Waals surface area contributed by atoms with Crippen LogP contribution in [0.1, 0.15) is 19.5 Å². The Morgan fingerprint density at radius 3 is 2.94 bits per heavy atom. The summed E-state index contributed by atoms with van der Waals surface area (Å²) in [5.74, 6) is -0.728. The molecule has 0 saturated carbocycles. The van der Waals surface area contributed by atoms with Gasteiger partial charge in [0, 0.05) is 38.1 Å². The normalized spacial score (nSPS) is 17.1. The molecule has 0 spiro atoms. The lowest BCUT2D eigenvalue weighted by atomic mass is 9.93. The van der Waals surface area contributed by atoms with Crippen molar-refractivity contribution in [2.45, 2.75) is 26.9 Å². The van der Waals surface area contributed by atoms with Gasteiger partial charge in [0.15, 0.2) is 0 Å². The van der Waals surface area contributed by atoms with E-state index in [-0.39, 0.29) is 0 Å². The molecule has 0 amide bonds. The van der Waals surface area contributed by atoms with E-state index < -0.39 is 11.4 Å². The first-order valence-electron chi connectivity index (χ1n) is 5.59. The standard InChI is InChI=1S/C12H18N2O2/c1-12(2,11(15)16)9-13-6-7-14-5-3-4-10(14)8-13/h3-5H,6-9H2,1-2H3,(H,15,16). The van der Waals surface area contributed by atoms with Gasteiger partial charge in [0.1, 0.15) is 0 Å². The van der Waals surface area contributed by atoms with Crippen molar-refractivity contribution in [1.82, 2.24) is 9.47 Å². The van der Waals surface area contributed by atoms with Crippen LogP contribution in [0.25, 0.3) is 0 Å². The molecule has 0 atom stereocenters. The van der Waals surface area contributed by atoms with Crippen molar-refractivity contribution in [3.8, 4) is 0 Å². The lowest BCUT2D eigenvalue weighted by Gasteiger charge is -2.33. The fourth-order valence-electron chi connectivity index (χ4n) is 2.13. The number of carbonyl (C=O) groups is 1. The van der Waals surface area contributed by atoms with Crippen molar-refractivity contribution in [1.29, 1.82) is 0 Å². The molecule has 0 radical (unpaired) electrons. The molecule has 2 heterocycles. The second-order valence-electron chi connectivity index (χ2n) is 5.09. The average Bonchev–Trinajstić information content (AvgIpc) is 2.63. The maximum Gasteiger partial charge on any atom is 0.310 e. The van der Waals surface area contributed by atoms with Crippen LogP contribution in [-0.4, -0.2) is 33.6 Å². The maximum absolute atomic E-state index is 11.1. The fourth-order valence-corrected chi connectivity index (χ4v) is 2.13. The molecular weight excluding hydrogens is 204 g/mol. The van der Waals surface area contributed by atoms with Crippen molar-refractivity contribution in [2.75, 3.05) is 13.1 Å². The van der Waals surface area contributed by atoms with Crippen LogP contribution < -0.4 is 0 Å². The number of carboxylic acids is 1. The van der Waals surface area contributed by atoms with E-state index in [2.05, 4.69) is 21.7 Å². The quantitative estimate of drug-likeness (QED) is 0.841. The zero-order chi connectivity index (χ0) is 11.8. The molecule has 0 unspecified atom stereocenters. The summed E-state index contributed by atoms with van der Waals surface area (Å²) in [6.07, 6.45) is 2.08. The van der Waals surface area contributed by atoms with Gasteiger partial charge in [0.25, 0.3) is 0 Å². The molecule has 1 aromatic rings. The van der Waals surface area contributed by atoms with Gasteiger partial charge in [-0.05, 0) is 26.0 Å². The number of nitrogens with zero attached hydrogens (tertiary/aromatic N) is 2. The molecule has 4 heteroatoms. The highest BCUT2D eigenvalue weighted by molar-refractivity contribution is 5.73. The summed E-state index contributed by atoms with van der Waals surface area (Å²) in [5.41, 5.74) is 0.599. The molecule has 1 aliphatic rings. The summed E-state index contributed by atoms with van der Waals surface area (Å²) in [7, 11) is 0. The molecule has 1 aromatic heterocycles. The summed E-state index contributed by atoms with van der Waals surface area (Å²) in [5, 5.41) is 9.10. The van der Waals surface area contributed by atoms with Gasteiger partial charge in [-0.3, -0.25) is 9.69 Å². The molecule has 0 aromatic carbocycles. The Bertz CT molecular complexity index is 395. The molecule has 88 valence electrons. The number of aromatic nitrogens is 1. The van der Waals surface area contributed by atoms with Crippen LogP contribution in [0.15, 0.2) is 18.3 Å². The van der Waals surface area contributed by atoms with Crippen LogP contribution in [0.2, 0.25) is 0 Å². The molecule has 2 rings (SSSR count). The van der Waals surface area contributed by atoms with Gasteiger partial charge in [-0.2, -0.15) is 0 Å². The van der Waals surface area contributed by atoms with E-state index in [1.54, 1.807) is 13.8 Å². The molecular formula is C12H18N2O2. The van der Waals surface area contributed by atoms with Gasteiger partial charge < -0.3 is 9.67 Å². The van der Waals surface area contributed by atoms with Gasteiger partial charge in [0.2, 0.25) is 0 Å². The Kier molecular flexibility index (Phi) is 2.76. The summed E-state index contributed by atoms with van der Waals surface area (Å²) in [4.78, 5) is 13.3. The first-order valence-corrected chi connectivity index (χ1v) is 5.59. The Morgan fingerprint density at radius 1 is 1.50 bits per heavy atom. The van der Waals surface area contributed by atoms with E-state index in [1.165, 1.54) is 5.69 Å². The van der Waals surface area contributed by atoms with Crippen molar-refractivity contribution >= 4 is 5.97 Å². The lowest BCUT2D eigenvalue weighted by Crippen LogP contribution is -2.42. The number of hydrogen-bond donors (Lipinski definition) is 1. The van der Waals surface area contributed by atoms with Gasteiger partial charge in [0.05, 0.1) is 5.41 Å². The van der Waals surface area contributed by atoms with Crippen molar-refractivity contribution < 1.29 is 9.90 Å². The third kappa shape index (κ3) is 2.11. The SMILES string of the molecule is CC(C)(CN1CCn2cccc2C1)C(=O)O. The van der Waals surface area contributed by atoms with Crippen LogP contribution >= 0.6 is 0 Å². The Labute approximate surface area is 95.5 Å². The summed E-state index contributed by atoms with van der Waals surface area (Å²) < 4.78 is 2.23. The third-order valence-corrected chi connectivity index (χ3v) is 3.16. The Balaban J connectivity index is 2.02. The highest BCUT2D eigenvalue weighted by atomic mass is 16.4. The van der Waals surface area contributed by atoms with Crippen molar-refractivity contribution in [3.05, 3.63) is 24.0 Å². The first kappa shape index (κ1) is 11.2. The topological polar surface area (TPSA) is 45.5 Å². The highest BCUT2D eigenvalue weighted by Gasteiger charge is 2.30. The molecule has 4 nitrogen and oxygen atoms in total. The van der Waals surface area contributed by atoms with E-state index in [9.17, 15) is 4.79 Å². The zero-order valence-electron chi connectivity index (χ0n) is 9.81. The van der Waals surface area contributed by atoms with Crippen molar-refractivity contribution in [3.63, 3.8) is 0 Å². The third-order valence-electron chi connectivity index (χ3n) is 3.16. The van der Waals surface area contributed by atoms with Crippen LogP contribution in [0, 0.1) is 5.41 Å². The molecule has 0 saturated heterocycles. The van der Waals surface area contributed by atoms with E-state index in [1.807, 2.05) is 6.07 Å². The Morgan fingerprint density at radius 2 is 2.25 bits per heavy atom. The molecule has 0 aliphatic carbocycles. The second kappa shape index (κ2) is 3.94. The maximum atomic E-state index is 11.1. The lowest BCUT2D eigenvalue weighted by molar-refractivity contribution is -0.148. The van der Waals surface area contributed by atoms with Crippen LogP contribution in [-0.2, 0) is 17.9 Å². The fraction of sp³-hybridized carbons (Fsp3) is 0.583. The monoisotopic (exact) mass is 222 g/mol. The number of fused-ring (bicyclic) bond motifs is 1. The van der Waals surface area contributed by atoms with Crippen LogP contribution in [0.4, 0.5) is 0 Å². The van der Waals surface area contributed by atoms with Crippen molar-refractivity contribution in [2.24, 2.45) is 5.41 Å². The minimum atomic E-state index is -0.728. The summed E-state index contributed by atoms with van der Waals surface area (Å²) in [6, 6.07) is 4.14. The average molecular weight is 222 g/mol. The number of hydrogen-bond acceptors (Lipinski definition) is 2. The highest BCUT2D eigenvalue weighted by Crippen LogP contribution is 2.21. The molecule has 0 bridgehead atoms. The van der Waals surface area contributed by atoms with Crippen LogP contribution in [0.5, 0.6) is 0 Å². The minimum absolute atomic E-state index is 0.605. The largest absolute Gasteiger partial charge is 0.481 e. The van der Waals surface area contributed by atoms with E-state index in [0.29, 0.717) is 6.54 Å². The zero-order valence-corrected chi connectivity index (χ0v) is 9.81. The number of carboxylic acid groups (broad SMARTS) is 1. The van der Waals surface area contributed by atoms with Gasteiger partial charge in [-0.15, -0.1) is 0 Å². The summed E-state index contributed by atoms with van der Waals surface area (Å²) in [6.45, 7) is 6.90. The second-order valence-corrected chi connectivity index (χ2v) is 5.09. The van der Waals surface area contributed by atoms with E-state index in [0.717, 1.165) is 19.6 Å². The minimum Gasteiger partial charge on any atom is -0.481 e. The Hall–Kier alpha value is -1.29. The number of rotatable bonds is 3. The number of aliphatic carboxylic acids is 1. The molecule has 1 aliphatic heterocycles. The van der Waals surface area contributed by atoms with Gasteiger partial charge >= 0.3 is 5.97 Å². The predicted octanol–water partition coefficient (Wildman–Crippen LogP) is 1.41. The predicted molar refractivity (Wildman–Crippen MR) is 61.1 cm³/mol. The first-order chi connectivity index (χ1) is 7.49. The summed E-state index contributed by atoms with van der Waals surface area (Å²) >= 11 is 0. The molecule has 1 N–H and O–H groups in total.